The summed E-state index contributed by atoms with van der Waals surface area (Å²) in [7, 11) is 0. The number of aromatic nitrogens is 6. The van der Waals surface area contributed by atoms with Gasteiger partial charge in [-0.1, -0.05) is 12.1 Å². The van der Waals surface area contributed by atoms with Gasteiger partial charge < -0.3 is 15.2 Å². The number of hydrogen-bond donors (Lipinski definition) is 2. The van der Waals surface area contributed by atoms with Gasteiger partial charge in [0, 0.05) is 31.2 Å². The molecule has 0 radical (unpaired) electrons. The molecule has 0 unspecified atom stereocenters. The topological polar surface area (TPSA) is 93.4 Å². The van der Waals surface area contributed by atoms with Crippen LogP contribution in [0.2, 0.25) is 0 Å². The fourth-order valence-corrected chi connectivity index (χ4v) is 2.71. The smallest absolute Gasteiger partial charge is 0.232 e. The van der Waals surface area contributed by atoms with E-state index in [0.717, 1.165) is 16.7 Å². The second kappa shape index (κ2) is 7.36. The van der Waals surface area contributed by atoms with Crippen molar-refractivity contribution < 1.29 is 0 Å². The van der Waals surface area contributed by atoms with Crippen molar-refractivity contribution in [2.75, 3.05) is 10.6 Å². The number of imidazole rings is 1. The highest BCUT2D eigenvalue weighted by Gasteiger charge is 2.15. The van der Waals surface area contributed by atoms with Crippen LogP contribution < -0.4 is 10.6 Å². The molecule has 0 amide bonds. The molecule has 0 aliphatic rings. The first-order valence-corrected chi connectivity index (χ1v) is 8.76. The highest BCUT2D eigenvalue weighted by atomic mass is 15.2. The number of fused-ring (bicyclic) bond motifs is 1. The lowest BCUT2D eigenvalue weighted by molar-refractivity contribution is 0.613. The Morgan fingerprint density at radius 3 is 2.70 bits per heavy atom. The molecule has 0 aromatic carbocycles. The molecule has 136 valence electrons. The number of rotatable bonds is 6. The quantitative estimate of drug-likeness (QED) is 0.543. The van der Waals surface area contributed by atoms with Crippen LogP contribution in [0, 0.1) is 0 Å². The Balaban J connectivity index is 1.71. The monoisotopic (exact) mass is 360 g/mol. The lowest BCUT2D eigenvalue weighted by Gasteiger charge is -2.11. The van der Waals surface area contributed by atoms with Crippen molar-refractivity contribution in [3.8, 4) is 0 Å². The van der Waals surface area contributed by atoms with Gasteiger partial charge in [-0.15, -0.1) is 0 Å². The van der Waals surface area contributed by atoms with Crippen LogP contribution >= 0.6 is 0 Å². The Morgan fingerprint density at radius 2 is 1.96 bits per heavy atom. The van der Waals surface area contributed by atoms with Gasteiger partial charge in [0.05, 0.1) is 6.33 Å². The summed E-state index contributed by atoms with van der Waals surface area (Å²) < 4.78 is 2.02. The van der Waals surface area contributed by atoms with E-state index in [-0.39, 0.29) is 6.04 Å². The molecule has 8 heteroatoms. The van der Waals surface area contributed by atoms with E-state index in [4.69, 9.17) is 0 Å². The van der Waals surface area contributed by atoms with Crippen LogP contribution in [-0.2, 0) is 6.54 Å². The fourth-order valence-electron chi connectivity index (χ4n) is 2.71. The Kier molecular flexibility index (Phi) is 4.61. The zero-order valence-electron chi connectivity index (χ0n) is 15.2. The van der Waals surface area contributed by atoms with Crippen molar-refractivity contribution in [2.24, 2.45) is 0 Å². The first-order valence-electron chi connectivity index (χ1n) is 8.76. The van der Waals surface area contributed by atoms with Crippen LogP contribution in [0.15, 0.2) is 55.2 Å². The van der Waals surface area contributed by atoms with Crippen LogP contribution in [0.5, 0.6) is 0 Å². The van der Waals surface area contributed by atoms with Gasteiger partial charge in [0.1, 0.15) is 5.82 Å². The van der Waals surface area contributed by atoms with Crippen LogP contribution in [0.1, 0.15) is 25.5 Å². The molecule has 4 aromatic heterocycles. The van der Waals surface area contributed by atoms with Gasteiger partial charge in [0.15, 0.2) is 17.0 Å². The van der Waals surface area contributed by atoms with Gasteiger partial charge in [0.2, 0.25) is 5.95 Å². The van der Waals surface area contributed by atoms with Crippen molar-refractivity contribution in [3.05, 3.63) is 60.8 Å². The average molecular weight is 360 g/mol. The second-order valence-corrected chi connectivity index (χ2v) is 6.37. The molecule has 8 nitrogen and oxygen atoms in total. The van der Waals surface area contributed by atoms with E-state index in [0.29, 0.717) is 24.1 Å². The van der Waals surface area contributed by atoms with Gasteiger partial charge in [-0.25, -0.2) is 9.97 Å². The predicted molar refractivity (Wildman–Crippen MR) is 105 cm³/mol. The van der Waals surface area contributed by atoms with E-state index < -0.39 is 0 Å². The summed E-state index contributed by atoms with van der Waals surface area (Å²) in [6.45, 7) is 4.78. The molecular weight excluding hydrogens is 340 g/mol. The van der Waals surface area contributed by atoms with Gasteiger partial charge in [-0.05, 0) is 37.6 Å². The first kappa shape index (κ1) is 16.9. The molecule has 2 N–H and O–H groups in total. The molecule has 0 atom stereocenters. The maximum Gasteiger partial charge on any atom is 0.232 e. The fraction of sp³-hybridized carbons (Fsp3) is 0.211. The molecule has 27 heavy (non-hydrogen) atoms. The van der Waals surface area contributed by atoms with E-state index in [1.807, 2.05) is 41.1 Å². The Labute approximate surface area is 156 Å². The molecule has 0 spiro atoms. The van der Waals surface area contributed by atoms with Crippen molar-refractivity contribution in [1.29, 1.82) is 0 Å². The molecule has 4 rings (SSSR count). The Hall–Kier alpha value is -3.55. The maximum absolute atomic E-state index is 4.65. The molecule has 0 aliphatic heterocycles. The lowest BCUT2D eigenvalue weighted by Crippen LogP contribution is -2.08. The minimum atomic E-state index is 0.235. The largest absolute Gasteiger partial charge is 0.364 e. The van der Waals surface area contributed by atoms with E-state index in [1.165, 1.54) is 0 Å². The van der Waals surface area contributed by atoms with Gasteiger partial charge in [0.25, 0.3) is 0 Å². The zero-order chi connectivity index (χ0) is 18.6. The molecule has 0 saturated heterocycles. The SMILES string of the molecule is CC(C)n1cnc2c(NCc3cccnc3)nc(Nc3ccccn3)nc21. The van der Waals surface area contributed by atoms with Crippen LogP contribution in [0.3, 0.4) is 0 Å². The van der Waals surface area contributed by atoms with Crippen LogP contribution in [0.25, 0.3) is 11.2 Å². The van der Waals surface area contributed by atoms with Crippen molar-refractivity contribution in [1.82, 2.24) is 29.5 Å². The molecule has 0 saturated carbocycles. The molecule has 0 fully saturated rings. The Morgan fingerprint density at radius 1 is 1.04 bits per heavy atom. The summed E-state index contributed by atoms with van der Waals surface area (Å²) in [5.74, 6) is 1.82. The van der Waals surface area contributed by atoms with Crippen molar-refractivity contribution in [3.63, 3.8) is 0 Å². The van der Waals surface area contributed by atoms with Gasteiger partial charge in [-0.3, -0.25) is 4.98 Å². The highest BCUT2D eigenvalue weighted by molar-refractivity contribution is 5.84. The number of nitrogens with one attached hydrogen (secondary N) is 2. The van der Waals surface area contributed by atoms with Gasteiger partial charge in [-0.2, -0.15) is 9.97 Å². The van der Waals surface area contributed by atoms with E-state index in [1.54, 1.807) is 18.7 Å². The standard InChI is InChI=1S/C19H20N8/c1-13(2)27-12-23-16-17(22-11-14-6-5-8-20-10-14)25-19(26-18(16)27)24-15-7-3-4-9-21-15/h3-10,12-13H,11H2,1-2H3,(H2,21,22,24,25,26). The highest BCUT2D eigenvalue weighted by Crippen LogP contribution is 2.24. The third kappa shape index (κ3) is 3.69. The van der Waals surface area contributed by atoms with E-state index in [2.05, 4.69) is 49.4 Å². The third-order valence-electron chi connectivity index (χ3n) is 4.07. The number of hydrogen-bond acceptors (Lipinski definition) is 7. The summed E-state index contributed by atoms with van der Waals surface area (Å²) in [5, 5.41) is 6.52. The predicted octanol–water partition coefficient (Wildman–Crippen LogP) is 3.55. The molecule has 4 aromatic rings. The minimum Gasteiger partial charge on any atom is -0.364 e. The average Bonchev–Trinajstić information content (AvgIpc) is 3.12. The van der Waals surface area contributed by atoms with Crippen LogP contribution in [-0.4, -0.2) is 29.5 Å². The van der Waals surface area contributed by atoms with E-state index in [9.17, 15) is 0 Å². The third-order valence-corrected chi connectivity index (χ3v) is 4.07. The molecule has 0 aliphatic carbocycles. The van der Waals surface area contributed by atoms with Crippen molar-refractivity contribution in [2.45, 2.75) is 26.4 Å². The lowest BCUT2D eigenvalue weighted by atomic mass is 10.3. The summed E-state index contributed by atoms with van der Waals surface area (Å²) in [4.78, 5) is 22.2. The summed E-state index contributed by atoms with van der Waals surface area (Å²) in [6, 6.07) is 9.80. The summed E-state index contributed by atoms with van der Waals surface area (Å²) >= 11 is 0. The molecule has 0 bridgehead atoms. The minimum absolute atomic E-state index is 0.235. The molecular formula is C19H20N8. The van der Waals surface area contributed by atoms with Crippen LogP contribution in [0.4, 0.5) is 17.6 Å². The number of pyridine rings is 2. The van der Waals surface area contributed by atoms with Crippen molar-refractivity contribution >= 4 is 28.7 Å². The van der Waals surface area contributed by atoms with Gasteiger partial charge >= 0.3 is 0 Å². The number of nitrogens with zero attached hydrogens (tertiary/aromatic N) is 6. The van der Waals surface area contributed by atoms with E-state index >= 15 is 0 Å². The normalized spacial score (nSPS) is 11.1. The maximum atomic E-state index is 4.65. The number of anilines is 3. The second-order valence-electron chi connectivity index (χ2n) is 6.37. The Bertz CT molecular complexity index is 1030. The molecule has 4 heterocycles. The summed E-state index contributed by atoms with van der Waals surface area (Å²) in [5.41, 5.74) is 2.57. The zero-order valence-corrected chi connectivity index (χ0v) is 15.2. The summed E-state index contributed by atoms with van der Waals surface area (Å²) in [6.07, 6.45) is 7.10. The first-order chi connectivity index (χ1) is 13.2.